The average Bonchev–Trinajstić information content (AvgIpc) is 2.98. The van der Waals surface area contributed by atoms with Crippen LogP contribution in [0, 0.1) is 0 Å². The van der Waals surface area contributed by atoms with Crippen molar-refractivity contribution in [3.8, 4) is 0 Å². The third-order valence-corrected chi connectivity index (χ3v) is 5.19. The van der Waals surface area contributed by atoms with E-state index in [0.29, 0.717) is 23.2 Å². The number of likely N-dealkylation sites (tertiary alicyclic amines) is 1. The van der Waals surface area contributed by atoms with Crippen molar-refractivity contribution >= 4 is 17.4 Å². The highest BCUT2D eigenvalue weighted by atomic mass is 32.1. The molecule has 8 heteroatoms. The smallest absolute Gasteiger partial charge is 0.268 e. The van der Waals surface area contributed by atoms with Gasteiger partial charge in [0.05, 0.1) is 5.69 Å². The Hall–Kier alpha value is -1.83. The second kappa shape index (κ2) is 5.99. The molecular formula is C15H19N5O2S. The van der Waals surface area contributed by atoms with Crippen molar-refractivity contribution in [2.75, 3.05) is 6.54 Å². The second-order valence-corrected chi connectivity index (χ2v) is 6.97. The maximum absolute atomic E-state index is 12.9. The van der Waals surface area contributed by atoms with Crippen LogP contribution in [0.5, 0.6) is 0 Å². The molecule has 1 saturated carbocycles. The maximum atomic E-state index is 12.9. The normalized spacial score (nSPS) is 21.1. The Kier molecular flexibility index (Phi) is 3.84. The number of nitrogens with zero attached hydrogens (tertiary/aromatic N) is 5. The van der Waals surface area contributed by atoms with E-state index in [0.717, 1.165) is 50.0 Å². The summed E-state index contributed by atoms with van der Waals surface area (Å²) in [6.45, 7) is 2.79. The molecule has 2 aliphatic rings. The molecule has 0 radical (unpaired) electrons. The first-order chi connectivity index (χ1) is 11.3. The van der Waals surface area contributed by atoms with Gasteiger partial charge in [-0.05, 0) is 43.6 Å². The quantitative estimate of drug-likeness (QED) is 0.836. The Bertz CT molecular complexity index is 708. The molecule has 1 aliphatic carbocycles. The van der Waals surface area contributed by atoms with Gasteiger partial charge < -0.3 is 9.42 Å². The summed E-state index contributed by atoms with van der Waals surface area (Å²) in [6, 6.07) is -0.112. The van der Waals surface area contributed by atoms with E-state index < -0.39 is 0 Å². The van der Waals surface area contributed by atoms with Crippen molar-refractivity contribution < 1.29 is 9.32 Å². The van der Waals surface area contributed by atoms with Crippen LogP contribution in [-0.4, -0.2) is 37.1 Å². The Morgan fingerprint density at radius 2 is 2.26 bits per heavy atom. The first kappa shape index (κ1) is 14.7. The number of hydrogen-bond acceptors (Lipinski definition) is 7. The SMILES string of the molecule is CCCc1nnsc1C(=O)N1CCCC1c1nc(C2CC2)no1. The fourth-order valence-electron chi connectivity index (χ4n) is 3.06. The Morgan fingerprint density at radius 3 is 3.04 bits per heavy atom. The zero-order chi connectivity index (χ0) is 15.8. The molecule has 1 amide bonds. The third kappa shape index (κ3) is 2.75. The molecule has 1 atom stereocenters. The molecule has 0 bridgehead atoms. The van der Waals surface area contributed by atoms with E-state index >= 15 is 0 Å². The summed E-state index contributed by atoms with van der Waals surface area (Å²) in [7, 11) is 0. The Morgan fingerprint density at radius 1 is 1.39 bits per heavy atom. The lowest BCUT2D eigenvalue weighted by Crippen LogP contribution is -2.30. The lowest BCUT2D eigenvalue weighted by molar-refractivity contribution is 0.0713. The van der Waals surface area contributed by atoms with Crippen molar-refractivity contribution in [3.63, 3.8) is 0 Å². The van der Waals surface area contributed by atoms with E-state index in [1.165, 1.54) is 11.5 Å². The molecule has 3 heterocycles. The highest BCUT2D eigenvalue weighted by Gasteiger charge is 2.37. The molecule has 1 saturated heterocycles. The van der Waals surface area contributed by atoms with E-state index in [9.17, 15) is 4.79 Å². The molecule has 23 heavy (non-hydrogen) atoms. The van der Waals surface area contributed by atoms with Gasteiger partial charge in [-0.1, -0.05) is 23.0 Å². The molecule has 4 rings (SSSR count). The number of carbonyl (C=O) groups is 1. The van der Waals surface area contributed by atoms with Crippen LogP contribution in [0.25, 0.3) is 0 Å². The first-order valence-corrected chi connectivity index (χ1v) is 9.01. The summed E-state index contributed by atoms with van der Waals surface area (Å²) in [5.41, 5.74) is 0.803. The molecule has 0 aromatic carbocycles. The molecule has 1 unspecified atom stereocenters. The van der Waals surface area contributed by atoms with Gasteiger partial charge in [-0.3, -0.25) is 4.79 Å². The van der Waals surface area contributed by atoms with Crippen LogP contribution in [0.15, 0.2) is 4.52 Å². The van der Waals surface area contributed by atoms with Crippen molar-refractivity contribution in [2.24, 2.45) is 0 Å². The first-order valence-electron chi connectivity index (χ1n) is 8.23. The van der Waals surface area contributed by atoms with Crippen LogP contribution in [0.4, 0.5) is 0 Å². The van der Waals surface area contributed by atoms with E-state index in [4.69, 9.17) is 4.52 Å². The summed E-state index contributed by atoms with van der Waals surface area (Å²) in [6.07, 6.45) is 5.82. The summed E-state index contributed by atoms with van der Waals surface area (Å²) >= 11 is 1.18. The van der Waals surface area contributed by atoms with Crippen LogP contribution in [0.1, 0.15) is 78.1 Å². The van der Waals surface area contributed by atoms with Crippen LogP contribution in [-0.2, 0) is 6.42 Å². The summed E-state index contributed by atoms with van der Waals surface area (Å²) in [4.78, 5) is 19.9. The number of rotatable bonds is 5. The van der Waals surface area contributed by atoms with Gasteiger partial charge in [0.2, 0.25) is 5.89 Å². The van der Waals surface area contributed by atoms with Gasteiger partial charge in [-0.15, -0.1) is 5.10 Å². The lowest BCUT2D eigenvalue weighted by Gasteiger charge is -2.21. The lowest BCUT2D eigenvalue weighted by atomic mass is 10.2. The number of hydrogen-bond donors (Lipinski definition) is 0. The predicted octanol–water partition coefficient (Wildman–Crippen LogP) is 2.73. The molecule has 0 spiro atoms. The van der Waals surface area contributed by atoms with Gasteiger partial charge in [-0.25, -0.2) is 0 Å². The van der Waals surface area contributed by atoms with Gasteiger partial charge in [0.1, 0.15) is 10.9 Å². The molecule has 122 valence electrons. The van der Waals surface area contributed by atoms with Gasteiger partial charge in [0.25, 0.3) is 5.91 Å². The third-order valence-electron chi connectivity index (χ3n) is 4.44. The van der Waals surface area contributed by atoms with Crippen molar-refractivity contribution in [1.29, 1.82) is 0 Å². The fraction of sp³-hybridized carbons (Fsp3) is 0.667. The minimum atomic E-state index is -0.112. The predicted molar refractivity (Wildman–Crippen MR) is 83.2 cm³/mol. The highest BCUT2D eigenvalue weighted by Crippen LogP contribution is 2.40. The largest absolute Gasteiger partial charge is 0.337 e. The summed E-state index contributed by atoms with van der Waals surface area (Å²) in [5, 5.41) is 8.18. The monoisotopic (exact) mass is 333 g/mol. The highest BCUT2D eigenvalue weighted by molar-refractivity contribution is 7.08. The standard InChI is InChI=1S/C15H19N5O2S/c1-2-4-10-12(23-19-17-10)15(21)20-8-3-5-11(20)14-16-13(18-22-14)9-6-7-9/h9,11H,2-8H2,1H3. The number of carbonyl (C=O) groups excluding carboxylic acids is 1. The van der Waals surface area contributed by atoms with Crippen molar-refractivity contribution in [3.05, 3.63) is 22.3 Å². The molecular weight excluding hydrogens is 314 g/mol. The second-order valence-electron chi connectivity index (χ2n) is 6.22. The van der Waals surface area contributed by atoms with Crippen molar-refractivity contribution in [2.45, 2.75) is 57.4 Å². The minimum absolute atomic E-state index is 0.00266. The summed E-state index contributed by atoms with van der Waals surface area (Å²) < 4.78 is 9.40. The zero-order valence-electron chi connectivity index (χ0n) is 13.1. The topological polar surface area (TPSA) is 85.0 Å². The fourth-order valence-corrected chi connectivity index (χ4v) is 3.72. The van der Waals surface area contributed by atoms with Crippen molar-refractivity contribution in [1.82, 2.24) is 24.6 Å². The molecule has 0 N–H and O–H groups in total. The van der Waals surface area contributed by atoms with E-state index in [1.54, 1.807) is 0 Å². The minimum Gasteiger partial charge on any atom is -0.337 e. The molecule has 2 aromatic rings. The average molecular weight is 333 g/mol. The number of aromatic nitrogens is 4. The van der Waals surface area contributed by atoms with Gasteiger partial charge in [0.15, 0.2) is 5.82 Å². The van der Waals surface area contributed by atoms with Crippen LogP contribution in [0.3, 0.4) is 0 Å². The van der Waals surface area contributed by atoms with Crippen LogP contribution >= 0.6 is 11.5 Å². The molecule has 2 aromatic heterocycles. The summed E-state index contributed by atoms with van der Waals surface area (Å²) in [5.74, 6) is 1.83. The zero-order valence-corrected chi connectivity index (χ0v) is 13.9. The van der Waals surface area contributed by atoms with Crippen LogP contribution < -0.4 is 0 Å². The van der Waals surface area contributed by atoms with Gasteiger partial charge in [0, 0.05) is 12.5 Å². The van der Waals surface area contributed by atoms with E-state index in [2.05, 4.69) is 26.7 Å². The molecule has 7 nitrogen and oxygen atoms in total. The van der Waals surface area contributed by atoms with Crippen LogP contribution in [0.2, 0.25) is 0 Å². The Labute approximate surface area is 138 Å². The molecule has 1 aliphatic heterocycles. The van der Waals surface area contributed by atoms with E-state index in [1.807, 2.05) is 4.90 Å². The van der Waals surface area contributed by atoms with Gasteiger partial charge in [-0.2, -0.15) is 4.98 Å². The molecule has 2 fully saturated rings. The van der Waals surface area contributed by atoms with Gasteiger partial charge >= 0.3 is 0 Å². The Balaban J connectivity index is 1.56. The van der Waals surface area contributed by atoms with E-state index in [-0.39, 0.29) is 11.9 Å². The maximum Gasteiger partial charge on any atom is 0.268 e. The number of amides is 1. The number of aryl methyl sites for hydroxylation is 1.